The van der Waals surface area contributed by atoms with Gasteiger partial charge in [0.05, 0.1) is 6.61 Å². The molecule has 1 aliphatic carbocycles. The monoisotopic (exact) mass is 420 g/mol. The second kappa shape index (κ2) is 8.23. The van der Waals surface area contributed by atoms with E-state index < -0.39 is 0 Å². The number of rotatable bonds is 4. The quantitative estimate of drug-likeness (QED) is 0.737. The number of aryl methyl sites for hydroxylation is 1. The second-order valence-electron chi connectivity index (χ2n) is 9.90. The third-order valence-corrected chi connectivity index (χ3v) is 7.15. The van der Waals surface area contributed by atoms with Crippen LogP contribution in [0.5, 0.6) is 0 Å². The van der Waals surface area contributed by atoms with E-state index in [0.29, 0.717) is 24.0 Å². The predicted molar refractivity (Wildman–Crippen MR) is 120 cm³/mol. The summed E-state index contributed by atoms with van der Waals surface area (Å²) < 4.78 is 5.41. The van der Waals surface area contributed by atoms with Gasteiger partial charge in [-0.3, -0.25) is 4.90 Å². The number of piperidine rings is 1. The summed E-state index contributed by atoms with van der Waals surface area (Å²) in [5, 5.41) is 0. The van der Waals surface area contributed by atoms with Crippen molar-refractivity contribution >= 4 is 6.09 Å². The highest BCUT2D eigenvalue weighted by molar-refractivity contribution is 5.67. The lowest BCUT2D eigenvalue weighted by Crippen LogP contribution is -2.61. The molecule has 3 aliphatic rings. The average Bonchev–Trinajstić information content (AvgIpc) is 3.19. The lowest BCUT2D eigenvalue weighted by molar-refractivity contribution is -0.0681. The lowest BCUT2D eigenvalue weighted by Gasteiger charge is -2.56. The first-order chi connectivity index (χ1) is 15.0. The Morgan fingerprint density at radius 3 is 2.65 bits per heavy atom. The molecule has 2 aliphatic heterocycles. The van der Waals surface area contributed by atoms with E-state index in [9.17, 15) is 4.79 Å². The van der Waals surface area contributed by atoms with Crippen molar-refractivity contribution in [2.75, 3.05) is 32.8 Å². The highest BCUT2D eigenvalue weighted by Crippen LogP contribution is 2.48. The van der Waals surface area contributed by atoms with Gasteiger partial charge >= 0.3 is 6.09 Å². The smallest absolute Gasteiger partial charge is 0.409 e. The van der Waals surface area contributed by atoms with Gasteiger partial charge in [0.2, 0.25) is 0 Å². The van der Waals surface area contributed by atoms with E-state index in [0.717, 1.165) is 56.8 Å². The molecule has 0 radical (unpaired) electrons. The van der Waals surface area contributed by atoms with Crippen molar-refractivity contribution in [2.24, 2.45) is 11.3 Å². The Bertz CT molecular complexity index is 930. The Labute approximate surface area is 184 Å². The zero-order chi connectivity index (χ0) is 21.4. The topological polar surface area (TPSA) is 58.6 Å². The van der Waals surface area contributed by atoms with Gasteiger partial charge in [-0.15, -0.1) is 0 Å². The zero-order valence-corrected chi connectivity index (χ0v) is 18.6. The van der Waals surface area contributed by atoms with E-state index in [-0.39, 0.29) is 6.09 Å². The van der Waals surface area contributed by atoms with Crippen LogP contribution in [0, 0.1) is 11.3 Å². The van der Waals surface area contributed by atoms with Gasteiger partial charge in [0, 0.05) is 50.2 Å². The molecule has 0 unspecified atom stereocenters. The van der Waals surface area contributed by atoms with Crippen LogP contribution in [0.1, 0.15) is 50.3 Å². The molecule has 0 saturated carbocycles. The van der Waals surface area contributed by atoms with Crippen LogP contribution in [-0.4, -0.2) is 58.6 Å². The fourth-order valence-corrected chi connectivity index (χ4v) is 5.41. The molecule has 2 saturated heterocycles. The minimum atomic E-state index is -0.136. The van der Waals surface area contributed by atoms with Crippen molar-refractivity contribution in [3.05, 3.63) is 47.8 Å². The summed E-state index contributed by atoms with van der Waals surface area (Å²) in [6, 6.07) is 9.12. The minimum Gasteiger partial charge on any atom is -0.449 e. The second-order valence-corrected chi connectivity index (χ2v) is 9.90. The van der Waals surface area contributed by atoms with E-state index in [1.165, 1.54) is 17.5 Å². The first-order valence-corrected chi connectivity index (χ1v) is 11.6. The Kier molecular flexibility index (Phi) is 5.42. The summed E-state index contributed by atoms with van der Waals surface area (Å²) in [7, 11) is 0. The van der Waals surface area contributed by atoms with Crippen molar-refractivity contribution in [2.45, 2.75) is 45.6 Å². The first kappa shape index (κ1) is 20.4. The molecule has 2 fully saturated rings. The predicted octanol–water partition coefficient (Wildman–Crippen LogP) is 4.32. The number of aromatic nitrogens is 2. The molecule has 1 atom stereocenters. The third-order valence-electron chi connectivity index (χ3n) is 7.15. The Hall–Kier alpha value is -2.47. The first-order valence-electron chi connectivity index (χ1n) is 11.6. The number of nitrogens with zero attached hydrogens (tertiary/aromatic N) is 4. The number of carbonyl (C=O) groups is 1. The van der Waals surface area contributed by atoms with Gasteiger partial charge in [-0.1, -0.05) is 26.0 Å². The van der Waals surface area contributed by atoms with Gasteiger partial charge in [0.15, 0.2) is 5.82 Å². The van der Waals surface area contributed by atoms with Crippen molar-refractivity contribution in [3.8, 4) is 11.4 Å². The summed E-state index contributed by atoms with van der Waals surface area (Å²) in [4.78, 5) is 25.6. The number of benzene rings is 1. The minimum absolute atomic E-state index is 0.136. The Balaban J connectivity index is 1.17. The van der Waals surface area contributed by atoms with Crippen LogP contribution in [0.25, 0.3) is 11.4 Å². The van der Waals surface area contributed by atoms with Crippen LogP contribution in [0.2, 0.25) is 0 Å². The summed E-state index contributed by atoms with van der Waals surface area (Å²) in [5.74, 6) is 1.18. The van der Waals surface area contributed by atoms with Gasteiger partial charge in [-0.05, 0) is 60.3 Å². The van der Waals surface area contributed by atoms with Gasteiger partial charge in [-0.25, -0.2) is 14.8 Å². The van der Waals surface area contributed by atoms with Crippen LogP contribution in [-0.2, 0) is 11.2 Å². The zero-order valence-electron chi connectivity index (χ0n) is 18.6. The number of hydrogen-bond acceptors (Lipinski definition) is 5. The van der Waals surface area contributed by atoms with E-state index in [1.807, 2.05) is 11.0 Å². The number of likely N-dealkylation sites (tertiary alicyclic amines) is 2. The lowest BCUT2D eigenvalue weighted by atomic mass is 9.71. The van der Waals surface area contributed by atoms with E-state index >= 15 is 0 Å². The summed E-state index contributed by atoms with van der Waals surface area (Å²) in [6.45, 7) is 8.59. The molecule has 1 amide bonds. The molecule has 0 N–H and O–H groups in total. The molecule has 0 bridgehead atoms. The molecule has 1 spiro atoms. The van der Waals surface area contributed by atoms with Gasteiger partial charge in [0.1, 0.15) is 0 Å². The molecule has 2 aromatic rings. The molecule has 6 heteroatoms. The summed E-state index contributed by atoms with van der Waals surface area (Å²) >= 11 is 0. The normalized spacial score (nSPS) is 22.4. The highest BCUT2D eigenvalue weighted by Gasteiger charge is 2.48. The van der Waals surface area contributed by atoms with Crippen molar-refractivity contribution in [1.29, 1.82) is 0 Å². The largest absolute Gasteiger partial charge is 0.449 e. The van der Waals surface area contributed by atoms with Gasteiger partial charge < -0.3 is 9.64 Å². The maximum atomic E-state index is 12.2. The van der Waals surface area contributed by atoms with Crippen LogP contribution in [0.3, 0.4) is 0 Å². The van der Waals surface area contributed by atoms with Crippen molar-refractivity contribution in [1.82, 2.24) is 19.8 Å². The SMILES string of the molecule is CC(C)COC(=O)N1CCC2(CC1)CN([C@@H]1CCc3cc(-c4ncccn4)ccc31)C2. The molecule has 6 nitrogen and oxygen atoms in total. The molecule has 1 aromatic heterocycles. The standard InChI is InChI=1S/C25H32N4O2/c1-18(2)15-31-24(30)28-12-8-25(9-13-28)16-29(17-25)22-7-5-19-14-20(4-6-21(19)22)23-26-10-3-11-27-23/h3-4,6,10-11,14,18,22H,5,7-9,12-13,15-17H2,1-2H3/t22-/m1/s1. The van der Waals surface area contributed by atoms with Gasteiger partial charge in [0.25, 0.3) is 0 Å². The molecular formula is C25H32N4O2. The van der Waals surface area contributed by atoms with E-state index in [4.69, 9.17) is 4.74 Å². The molecule has 3 heterocycles. The number of hydrogen-bond donors (Lipinski definition) is 0. The van der Waals surface area contributed by atoms with E-state index in [1.54, 1.807) is 12.4 Å². The average molecular weight is 421 g/mol. The number of fused-ring (bicyclic) bond motifs is 1. The fraction of sp³-hybridized carbons (Fsp3) is 0.560. The molecule has 164 valence electrons. The van der Waals surface area contributed by atoms with Crippen molar-refractivity contribution in [3.63, 3.8) is 0 Å². The maximum absolute atomic E-state index is 12.2. The number of amides is 1. The van der Waals surface area contributed by atoms with Crippen molar-refractivity contribution < 1.29 is 9.53 Å². The van der Waals surface area contributed by atoms with Crippen LogP contribution < -0.4 is 0 Å². The Morgan fingerprint density at radius 2 is 1.94 bits per heavy atom. The van der Waals surface area contributed by atoms with Gasteiger partial charge in [-0.2, -0.15) is 0 Å². The number of ether oxygens (including phenoxy) is 1. The number of carbonyl (C=O) groups excluding carboxylic acids is 1. The highest BCUT2D eigenvalue weighted by atomic mass is 16.6. The van der Waals surface area contributed by atoms with E-state index in [2.05, 4.69) is 46.9 Å². The summed E-state index contributed by atoms with van der Waals surface area (Å²) in [5.41, 5.74) is 4.41. The van der Waals surface area contributed by atoms with Crippen LogP contribution in [0.15, 0.2) is 36.7 Å². The Morgan fingerprint density at radius 1 is 1.19 bits per heavy atom. The maximum Gasteiger partial charge on any atom is 0.409 e. The summed E-state index contributed by atoms with van der Waals surface area (Å²) in [6.07, 6.45) is 7.95. The molecule has 1 aromatic carbocycles. The molecular weight excluding hydrogens is 388 g/mol. The fourth-order valence-electron chi connectivity index (χ4n) is 5.41. The molecule has 5 rings (SSSR count). The molecule has 31 heavy (non-hydrogen) atoms. The van der Waals surface area contributed by atoms with Crippen LogP contribution >= 0.6 is 0 Å². The van der Waals surface area contributed by atoms with Crippen LogP contribution in [0.4, 0.5) is 4.79 Å². The third kappa shape index (κ3) is 4.05.